The van der Waals surface area contributed by atoms with Gasteiger partial charge in [0.05, 0.1) is 5.41 Å². The van der Waals surface area contributed by atoms with E-state index in [2.05, 4.69) is 15.4 Å². The average Bonchev–Trinajstić information content (AvgIpc) is 3.54. The van der Waals surface area contributed by atoms with Crippen molar-refractivity contribution in [3.05, 3.63) is 71.8 Å². The summed E-state index contributed by atoms with van der Waals surface area (Å²) < 4.78 is 54.2. The average molecular weight is 498 g/mol. The predicted octanol–water partition coefficient (Wildman–Crippen LogP) is 5.01. The first-order valence-corrected chi connectivity index (χ1v) is 11.1. The van der Waals surface area contributed by atoms with Gasteiger partial charge in [-0.15, -0.1) is 13.2 Å². The number of amides is 2. The van der Waals surface area contributed by atoms with Gasteiger partial charge in [0.2, 0.25) is 12.7 Å². The maximum atomic E-state index is 13.3. The molecular formula is C26H21F3N2O5. The zero-order chi connectivity index (χ0) is 25.5. The van der Waals surface area contributed by atoms with E-state index < -0.39 is 17.5 Å². The highest BCUT2D eigenvalue weighted by Gasteiger charge is 2.51. The lowest BCUT2D eigenvalue weighted by Gasteiger charge is -2.18. The fraction of sp³-hybridized carbons (Fsp3) is 0.231. The third-order valence-corrected chi connectivity index (χ3v) is 6.24. The van der Waals surface area contributed by atoms with Crippen LogP contribution in [0.5, 0.6) is 17.2 Å². The summed E-state index contributed by atoms with van der Waals surface area (Å²) >= 11 is 0. The first-order valence-electron chi connectivity index (χ1n) is 11.1. The molecule has 5 rings (SSSR count). The monoisotopic (exact) mass is 498 g/mol. The molecule has 2 aliphatic rings. The Hall–Kier alpha value is -4.21. The van der Waals surface area contributed by atoms with Crippen molar-refractivity contribution >= 4 is 17.5 Å². The van der Waals surface area contributed by atoms with Crippen molar-refractivity contribution in [2.24, 2.45) is 0 Å². The molecular weight excluding hydrogens is 477 g/mol. The van der Waals surface area contributed by atoms with E-state index in [1.165, 1.54) is 25.2 Å². The van der Waals surface area contributed by atoms with Crippen LogP contribution in [0.15, 0.2) is 60.7 Å². The summed E-state index contributed by atoms with van der Waals surface area (Å²) in [4.78, 5) is 25.3. The molecule has 3 aromatic carbocycles. The largest absolute Gasteiger partial charge is 0.573 e. The fourth-order valence-corrected chi connectivity index (χ4v) is 4.24. The molecule has 186 valence electrons. The molecule has 0 radical (unpaired) electrons. The summed E-state index contributed by atoms with van der Waals surface area (Å²) in [7, 11) is 1.46. The van der Waals surface area contributed by atoms with Crippen molar-refractivity contribution < 1.29 is 37.0 Å². The van der Waals surface area contributed by atoms with E-state index in [0.717, 1.165) is 11.6 Å². The van der Waals surface area contributed by atoms with Crippen molar-refractivity contribution in [3.63, 3.8) is 0 Å². The molecule has 0 spiro atoms. The van der Waals surface area contributed by atoms with Gasteiger partial charge in [-0.1, -0.05) is 18.2 Å². The van der Waals surface area contributed by atoms with Gasteiger partial charge in [-0.3, -0.25) is 9.59 Å². The van der Waals surface area contributed by atoms with Crippen LogP contribution in [0.2, 0.25) is 0 Å². The van der Waals surface area contributed by atoms with Crippen molar-refractivity contribution in [2.75, 3.05) is 19.2 Å². The Bertz CT molecular complexity index is 1350. The van der Waals surface area contributed by atoms with Gasteiger partial charge in [-0.05, 0) is 66.4 Å². The molecule has 36 heavy (non-hydrogen) atoms. The van der Waals surface area contributed by atoms with Gasteiger partial charge in [0.1, 0.15) is 5.75 Å². The lowest BCUT2D eigenvalue weighted by atomic mass is 9.94. The second-order valence-corrected chi connectivity index (χ2v) is 8.52. The molecule has 1 heterocycles. The van der Waals surface area contributed by atoms with Crippen LogP contribution in [0.3, 0.4) is 0 Å². The number of rotatable bonds is 6. The SMILES string of the molecule is CNC(=O)c1cccc(-c2cc(NC(=O)C3(c4ccc5c(c4)OCO5)CC3)ccc2OC(F)(F)F)c1. The number of ether oxygens (including phenoxy) is 3. The highest BCUT2D eigenvalue weighted by atomic mass is 19.4. The second-order valence-electron chi connectivity index (χ2n) is 8.52. The zero-order valence-corrected chi connectivity index (χ0v) is 19.1. The van der Waals surface area contributed by atoms with E-state index in [0.29, 0.717) is 35.6 Å². The summed E-state index contributed by atoms with van der Waals surface area (Å²) in [5.41, 5.74) is 0.970. The van der Waals surface area contributed by atoms with Gasteiger partial charge >= 0.3 is 6.36 Å². The Labute approximate surface area is 204 Å². The van der Waals surface area contributed by atoms with Gasteiger partial charge in [-0.25, -0.2) is 0 Å². The van der Waals surface area contributed by atoms with E-state index in [1.807, 2.05) is 6.07 Å². The number of carbonyl (C=O) groups is 2. The lowest BCUT2D eigenvalue weighted by molar-refractivity contribution is -0.274. The normalized spacial score (nSPS) is 15.2. The van der Waals surface area contributed by atoms with Gasteiger partial charge < -0.3 is 24.8 Å². The molecule has 1 aliphatic carbocycles. The van der Waals surface area contributed by atoms with Crippen LogP contribution in [-0.2, 0) is 10.2 Å². The topological polar surface area (TPSA) is 85.9 Å². The number of nitrogens with one attached hydrogen (secondary N) is 2. The Morgan fingerprint density at radius 3 is 2.47 bits per heavy atom. The molecule has 0 atom stereocenters. The van der Waals surface area contributed by atoms with E-state index in [-0.39, 0.29) is 29.7 Å². The van der Waals surface area contributed by atoms with Crippen LogP contribution in [0.4, 0.5) is 18.9 Å². The van der Waals surface area contributed by atoms with Crippen LogP contribution in [0.1, 0.15) is 28.8 Å². The predicted molar refractivity (Wildman–Crippen MR) is 124 cm³/mol. The third-order valence-electron chi connectivity index (χ3n) is 6.24. The minimum atomic E-state index is -4.92. The molecule has 0 unspecified atom stereocenters. The van der Waals surface area contributed by atoms with E-state index in [1.54, 1.807) is 30.3 Å². The Morgan fingerprint density at radius 1 is 0.972 bits per heavy atom. The molecule has 7 nitrogen and oxygen atoms in total. The summed E-state index contributed by atoms with van der Waals surface area (Å²) in [6.45, 7) is 0.119. The quantitative estimate of drug-likeness (QED) is 0.499. The molecule has 0 bridgehead atoms. The van der Waals surface area contributed by atoms with Crippen LogP contribution in [0, 0.1) is 0 Å². The van der Waals surface area contributed by atoms with Gasteiger partial charge in [0.15, 0.2) is 11.5 Å². The maximum Gasteiger partial charge on any atom is 0.573 e. The molecule has 0 saturated heterocycles. The fourth-order valence-electron chi connectivity index (χ4n) is 4.24. The van der Waals surface area contributed by atoms with Gasteiger partial charge in [0, 0.05) is 23.9 Å². The number of fused-ring (bicyclic) bond motifs is 1. The molecule has 3 aromatic rings. The van der Waals surface area contributed by atoms with Crippen molar-refractivity contribution in [2.45, 2.75) is 24.6 Å². The molecule has 2 N–H and O–H groups in total. The van der Waals surface area contributed by atoms with E-state index >= 15 is 0 Å². The van der Waals surface area contributed by atoms with Crippen LogP contribution < -0.4 is 24.8 Å². The standard InChI is InChI=1S/C26H21F3N2O5/c1-30-23(32)16-4-2-3-15(11-16)19-13-18(6-8-20(19)36-26(27,28)29)31-24(33)25(9-10-25)17-5-7-21-22(12-17)35-14-34-21/h2-8,11-13H,9-10,14H2,1H3,(H,30,32)(H,31,33). The van der Waals surface area contributed by atoms with Crippen molar-refractivity contribution in [1.29, 1.82) is 0 Å². The number of benzene rings is 3. The molecule has 2 amide bonds. The second kappa shape index (κ2) is 8.78. The molecule has 10 heteroatoms. The number of hydrogen-bond acceptors (Lipinski definition) is 5. The molecule has 1 saturated carbocycles. The van der Waals surface area contributed by atoms with E-state index in [9.17, 15) is 22.8 Å². The number of anilines is 1. The number of hydrogen-bond donors (Lipinski definition) is 2. The van der Waals surface area contributed by atoms with Crippen molar-refractivity contribution in [1.82, 2.24) is 5.32 Å². The summed E-state index contributed by atoms with van der Waals surface area (Å²) in [6.07, 6.45) is -3.68. The maximum absolute atomic E-state index is 13.3. The smallest absolute Gasteiger partial charge is 0.454 e. The van der Waals surface area contributed by atoms with Crippen LogP contribution in [-0.4, -0.2) is 32.0 Å². The highest BCUT2D eigenvalue weighted by Crippen LogP contribution is 2.51. The first-order chi connectivity index (χ1) is 17.2. The molecule has 0 aromatic heterocycles. The molecule has 1 aliphatic heterocycles. The summed E-state index contributed by atoms with van der Waals surface area (Å²) in [6, 6.07) is 15.4. The highest BCUT2D eigenvalue weighted by molar-refractivity contribution is 6.02. The minimum absolute atomic E-state index is 0.0730. The summed E-state index contributed by atoms with van der Waals surface area (Å²) in [5, 5.41) is 5.31. The zero-order valence-electron chi connectivity index (χ0n) is 19.1. The lowest BCUT2D eigenvalue weighted by Crippen LogP contribution is -2.27. The summed E-state index contributed by atoms with van der Waals surface area (Å²) in [5.74, 6) is 0.0544. The minimum Gasteiger partial charge on any atom is -0.454 e. The van der Waals surface area contributed by atoms with Gasteiger partial charge in [0.25, 0.3) is 5.91 Å². The van der Waals surface area contributed by atoms with Crippen LogP contribution in [0.25, 0.3) is 11.1 Å². The Balaban J connectivity index is 1.46. The van der Waals surface area contributed by atoms with Gasteiger partial charge in [-0.2, -0.15) is 0 Å². The Morgan fingerprint density at radius 2 is 1.75 bits per heavy atom. The van der Waals surface area contributed by atoms with Crippen LogP contribution >= 0.6 is 0 Å². The number of halogens is 3. The Kier molecular flexibility index (Phi) is 5.74. The first kappa shape index (κ1) is 23.5. The number of carbonyl (C=O) groups excluding carboxylic acids is 2. The van der Waals surface area contributed by atoms with E-state index in [4.69, 9.17) is 9.47 Å². The van der Waals surface area contributed by atoms with Crippen molar-refractivity contribution in [3.8, 4) is 28.4 Å². The number of alkyl halides is 3. The molecule has 1 fully saturated rings. The third kappa shape index (κ3) is 4.53.